The minimum absolute atomic E-state index is 0.0375. The van der Waals surface area contributed by atoms with E-state index >= 15 is 0 Å². The molecule has 0 saturated carbocycles. The van der Waals surface area contributed by atoms with Crippen molar-refractivity contribution in [3.05, 3.63) is 68.1 Å². The van der Waals surface area contributed by atoms with Crippen LogP contribution in [0.1, 0.15) is 0 Å². The third-order valence-corrected chi connectivity index (χ3v) is 4.62. The normalized spacial score (nSPS) is 11.6. The van der Waals surface area contributed by atoms with Gasteiger partial charge in [0.2, 0.25) is 0 Å². The van der Waals surface area contributed by atoms with Gasteiger partial charge in [-0.25, -0.2) is 9.18 Å². The minimum atomic E-state index is -4.32. The number of hydrogen-bond donors (Lipinski definition) is 2. The van der Waals surface area contributed by atoms with Gasteiger partial charge in [0.05, 0.1) is 15.9 Å². The van der Waals surface area contributed by atoms with Crippen molar-refractivity contribution in [2.24, 2.45) is 0 Å². The molecule has 2 aromatic carbocycles. The van der Waals surface area contributed by atoms with Crippen LogP contribution in [-0.4, -0.2) is 18.4 Å². The van der Waals surface area contributed by atoms with Crippen molar-refractivity contribution < 1.29 is 17.0 Å². The van der Waals surface area contributed by atoms with Crippen molar-refractivity contribution in [1.29, 1.82) is 0 Å². The van der Waals surface area contributed by atoms with E-state index in [0.717, 1.165) is 30.3 Å². The maximum atomic E-state index is 13.0. The SMILES string of the molecule is O=c1[nH]c(=O)c2cc(S(=O)(=O)Oc3ccc(F)cc3Cl)ccc2[nH]1. The fourth-order valence-electron chi connectivity index (χ4n) is 2.01. The van der Waals surface area contributed by atoms with Gasteiger partial charge in [-0.3, -0.25) is 9.78 Å². The zero-order valence-electron chi connectivity index (χ0n) is 11.7. The molecule has 0 fully saturated rings. The molecule has 0 amide bonds. The molecule has 3 rings (SSSR count). The zero-order chi connectivity index (χ0) is 17.5. The van der Waals surface area contributed by atoms with Crippen molar-refractivity contribution in [3.63, 3.8) is 0 Å². The highest BCUT2D eigenvalue weighted by Gasteiger charge is 2.20. The van der Waals surface area contributed by atoms with E-state index in [1.807, 2.05) is 4.98 Å². The second kappa shape index (κ2) is 5.77. The Balaban J connectivity index is 2.08. The predicted octanol–water partition coefficient (Wildman–Crippen LogP) is 1.78. The summed E-state index contributed by atoms with van der Waals surface area (Å²) in [6.07, 6.45) is 0. The molecule has 0 bridgehead atoms. The van der Waals surface area contributed by atoms with Gasteiger partial charge in [0.15, 0.2) is 5.75 Å². The highest BCUT2D eigenvalue weighted by Crippen LogP contribution is 2.28. The van der Waals surface area contributed by atoms with Gasteiger partial charge >= 0.3 is 15.8 Å². The second-order valence-electron chi connectivity index (χ2n) is 4.73. The van der Waals surface area contributed by atoms with Gasteiger partial charge in [-0.1, -0.05) is 11.6 Å². The lowest BCUT2D eigenvalue weighted by atomic mass is 10.2. The van der Waals surface area contributed by atoms with Crippen LogP contribution in [-0.2, 0) is 10.1 Å². The molecular formula is C14H8ClFN2O5S. The van der Waals surface area contributed by atoms with Crippen molar-refractivity contribution >= 4 is 32.6 Å². The Morgan fingerprint density at radius 2 is 1.79 bits per heavy atom. The number of aromatic amines is 2. The van der Waals surface area contributed by atoms with Crippen LogP contribution >= 0.6 is 11.6 Å². The van der Waals surface area contributed by atoms with E-state index in [-0.39, 0.29) is 26.6 Å². The average molecular weight is 371 g/mol. The summed E-state index contributed by atoms with van der Waals surface area (Å²) in [5, 5.41) is -0.258. The molecule has 0 unspecified atom stereocenters. The van der Waals surface area contributed by atoms with Crippen molar-refractivity contribution in [1.82, 2.24) is 9.97 Å². The van der Waals surface area contributed by atoms with Gasteiger partial charge < -0.3 is 9.17 Å². The Labute approximate surface area is 138 Å². The lowest BCUT2D eigenvalue weighted by Gasteiger charge is -2.09. The monoisotopic (exact) mass is 370 g/mol. The summed E-state index contributed by atoms with van der Waals surface area (Å²) in [5.41, 5.74) is -1.29. The van der Waals surface area contributed by atoms with Crippen LogP contribution in [0.5, 0.6) is 5.75 Å². The molecule has 1 aromatic heterocycles. The Kier molecular flexibility index (Phi) is 3.90. The Morgan fingerprint density at radius 3 is 2.50 bits per heavy atom. The van der Waals surface area contributed by atoms with Crippen LogP contribution in [0, 0.1) is 5.82 Å². The number of aromatic nitrogens is 2. The van der Waals surface area contributed by atoms with Crippen LogP contribution < -0.4 is 15.4 Å². The molecule has 0 aliphatic carbocycles. The predicted molar refractivity (Wildman–Crippen MR) is 84.4 cm³/mol. The van der Waals surface area contributed by atoms with Gasteiger partial charge in [-0.15, -0.1) is 0 Å². The molecule has 0 aliphatic rings. The Morgan fingerprint density at radius 1 is 1.04 bits per heavy atom. The summed E-state index contributed by atoms with van der Waals surface area (Å²) in [7, 11) is -4.32. The fourth-order valence-corrected chi connectivity index (χ4v) is 3.24. The van der Waals surface area contributed by atoms with Crippen LogP contribution in [0.15, 0.2) is 50.9 Å². The standard InChI is InChI=1S/C14H8ClFN2O5S/c15-10-5-7(16)1-4-12(10)23-24(21,22)8-2-3-11-9(6-8)13(19)18-14(20)17-11/h1-6H,(H2,17,18,19,20). The molecule has 3 aromatic rings. The van der Waals surface area contributed by atoms with Crippen molar-refractivity contribution in [3.8, 4) is 5.75 Å². The summed E-state index contributed by atoms with van der Waals surface area (Å²) in [4.78, 5) is 27.0. The van der Waals surface area contributed by atoms with Gasteiger partial charge in [-0.05, 0) is 36.4 Å². The van der Waals surface area contributed by atoms with Crippen LogP contribution in [0.3, 0.4) is 0 Å². The Bertz CT molecular complexity index is 1170. The first kappa shape index (κ1) is 16.2. The third kappa shape index (κ3) is 3.03. The molecule has 0 spiro atoms. The molecule has 0 saturated heterocycles. The number of hydrogen-bond acceptors (Lipinski definition) is 5. The van der Waals surface area contributed by atoms with Gasteiger partial charge in [0, 0.05) is 0 Å². The van der Waals surface area contributed by atoms with Crippen LogP contribution in [0.4, 0.5) is 4.39 Å². The highest BCUT2D eigenvalue weighted by molar-refractivity contribution is 7.87. The zero-order valence-corrected chi connectivity index (χ0v) is 13.2. The molecule has 10 heteroatoms. The minimum Gasteiger partial charge on any atom is -0.377 e. The first-order valence-corrected chi connectivity index (χ1v) is 8.21. The number of halogens is 2. The van der Waals surface area contributed by atoms with E-state index in [2.05, 4.69) is 4.98 Å². The molecular weight excluding hydrogens is 363 g/mol. The summed E-state index contributed by atoms with van der Waals surface area (Å²) in [6.45, 7) is 0. The molecule has 7 nitrogen and oxygen atoms in total. The van der Waals surface area contributed by atoms with E-state index < -0.39 is 27.2 Å². The van der Waals surface area contributed by atoms with E-state index in [4.69, 9.17) is 15.8 Å². The Hall–Kier alpha value is -2.65. The lowest BCUT2D eigenvalue weighted by Crippen LogP contribution is -2.22. The van der Waals surface area contributed by atoms with Crippen LogP contribution in [0.2, 0.25) is 5.02 Å². The first-order valence-electron chi connectivity index (χ1n) is 6.42. The van der Waals surface area contributed by atoms with Gasteiger partial charge in [0.1, 0.15) is 10.7 Å². The van der Waals surface area contributed by atoms with E-state index in [1.165, 1.54) is 6.07 Å². The summed E-state index contributed by atoms with van der Waals surface area (Å²) >= 11 is 5.74. The lowest BCUT2D eigenvalue weighted by molar-refractivity contribution is 0.485. The molecule has 0 aliphatic heterocycles. The van der Waals surface area contributed by atoms with E-state index in [9.17, 15) is 22.4 Å². The molecule has 2 N–H and O–H groups in total. The third-order valence-electron chi connectivity index (χ3n) is 3.09. The molecule has 0 radical (unpaired) electrons. The number of benzene rings is 2. The maximum Gasteiger partial charge on any atom is 0.339 e. The van der Waals surface area contributed by atoms with E-state index in [0.29, 0.717) is 0 Å². The first-order chi connectivity index (χ1) is 11.3. The van der Waals surface area contributed by atoms with Gasteiger partial charge in [0.25, 0.3) is 5.56 Å². The van der Waals surface area contributed by atoms with Crippen molar-refractivity contribution in [2.75, 3.05) is 0 Å². The molecule has 124 valence electrons. The quantitative estimate of drug-likeness (QED) is 0.683. The topological polar surface area (TPSA) is 109 Å². The number of nitrogens with one attached hydrogen (secondary N) is 2. The van der Waals surface area contributed by atoms with Crippen LogP contribution in [0.25, 0.3) is 10.9 Å². The largest absolute Gasteiger partial charge is 0.377 e. The number of H-pyrrole nitrogens is 2. The summed E-state index contributed by atoms with van der Waals surface area (Å²) in [6, 6.07) is 6.44. The number of rotatable bonds is 3. The smallest absolute Gasteiger partial charge is 0.339 e. The highest BCUT2D eigenvalue weighted by atomic mass is 35.5. The number of fused-ring (bicyclic) bond motifs is 1. The fraction of sp³-hybridized carbons (Fsp3) is 0. The second-order valence-corrected chi connectivity index (χ2v) is 6.68. The van der Waals surface area contributed by atoms with Gasteiger partial charge in [-0.2, -0.15) is 8.42 Å². The molecule has 0 atom stereocenters. The molecule has 24 heavy (non-hydrogen) atoms. The average Bonchev–Trinajstić information content (AvgIpc) is 2.49. The summed E-state index contributed by atoms with van der Waals surface area (Å²) in [5.74, 6) is -0.903. The molecule has 1 heterocycles. The maximum absolute atomic E-state index is 13.0. The van der Waals surface area contributed by atoms with E-state index in [1.54, 1.807) is 0 Å². The summed E-state index contributed by atoms with van der Waals surface area (Å²) < 4.78 is 42.5. The van der Waals surface area contributed by atoms with Crippen molar-refractivity contribution in [2.45, 2.75) is 4.90 Å².